The number of halogens is 2. The third kappa shape index (κ3) is 2.29. The second-order valence-corrected chi connectivity index (χ2v) is 4.67. The van der Waals surface area contributed by atoms with Crippen molar-refractivity contribution >= 4 is 17.9 Å². The van der Waals surface area contributed by atoms with E-state index in [0.29, 0.717) is 16.9 Å². The maximum Gasteiger partial charge on any atom is 0.150 e. The van der Waals surface area contributed by atoms with E-state index in [2.05, 4.69) is 0 Å². The molecule has 0 N–H and O–H groups in total. The molecule has 3 heteroatoms. The van der Waals surface area contributed by atoms with Crippen LogP contribution in [0.2, 0.25) is 5.02 Å². The van der Waals surface area contributed by atoms with E-state index in [4.69, 9.17) is 11.6 Å². The lowest BCUT2D eigenvalue weighted by molar-refractivity contribution is 0.112. The number of aryl methyl sites for hydroxylation is 2. The second-order valence-electron chi connectivity index (χ2n) is 4.27. The smallest absolute Gasteiger partial charge is 0.150 e. The van der Waals surface area contributed by atoms with Crippen molar-refractivity contribution < 1.29 is 9.18 Å². The van der Waals surface area contributed by atoms with E-state index in [0.717, 1.165) is 22.3 Å². The highest BCUT2D eigenvalue weighted by atomic mass is 35.5. The van der Waals surface area contributed by atoms with Gasteiger partial charge in [-0.3, -0.25) is 4.79 Å². The van der Waals surface area contributed by atoms with Gasteiger partial charge in [-0.05, 0) is 60.4 Å². The summed E-state index contributed by atoms with van der Waals surface area (Å²) < 4.78 is 13.1. The molecule has 0 radical (unpaired) electrons. The summed E-state index contributed by atoms with van der Waals surface area (Å²) in [5.74, 6) is -0.413. The third-order valence-corrected chi connectivity index (χ3v) is 3.34. The summed E-state index contributed by atoms with van der Waals surface area (Å²) in [7, 11) is 0. The van der Waals surface area contributed by atoms with Crippen molar-refractivity contribution in [3.63, 3.8) is 0 Å². The summed E-state index contributed by atoms with van der Waals surface area (Å²) in [5, 5.41) is 0.686. The van der Waals surface area contributed by atoms with Crippen LogP contribution in [0.3, 0.4) is 0 Å². The van der Waals surface area contributed by atoms with Crippen molar-refractivity contribution in [2.45, 2.75) is 13.8 Å². The van der Waals surface area contributed by atoms with Crippen LogP contribution in [0.4, 0.5) is 4.39 Å². The van der Waals surface area contributed by atoms with Gasteiger partial charge in [-0.2, -0.15) is 0 Å². The largest absolute Gasteiger partial charge is 0.298 e. The monoisotopic (exact) mass is 262 g/mol. The topological polar surface area (TPSA) is 17.1 Å². The van der Waals surface area contributed by atoms with Crippen LogP contribution in [0.25, 0.3) is 11.1 Å². The summed E-state index contributed by atoms with van der Waals surface area (Å²) in [6.07, 6.45) is 0.668. The Bertz CT molecular complexity index is 620. The maximum absolute atomic E-state index is 13.1. The molecule has 18 heavy (non-hydrogen) atoms. The summed E-state index contributed by atoms with van der Waals surface area (Å²) in [5.41, 5.74) is 3.86. The van der Waals surface area contributed by atoms with Crippen LogP contribution in [0.15, 0.2) is 30.3 Å². The molecule has 92 valence electrons. The first kappa shape index (κ1) is 12.8. The molecule has 0 aliphatic rings. The molecule has 0 saturated carbocycles. The summed E-state index contributed by atoms with van der Waals surface area (Å²) in [6.45, 7) is 3.81. The van der Waals surface area contributed by atoms with E-state index in [9.17, 15) is 9.18 Å². The van der Waals surface area contributed by atoms with Crippen molar-refractivity contribution in [1.29, 1.82) is 0 Å². The van der Waals surface area contributed by atoms with Gasteiger partial charge in [-0.15, -0.1) is 0 Å². The number of carbonyl (C=O) groups is 1. The van der Waals surface area contributed by atoms with Crippen LogP contribution < -0.4 is 0 Å². The van der Waals surface area contributed by atoms with Crippen LogP contribution in [0.5, 0.6) is 0 Å². The highest BCUT2D eigenvalue weighted by molar-refractivity contribution is 6.31. The van der Waals surface area contributed by atoms with Gasteiger partial charge in [0.05, 0.1) is 0 Å². The molecule has 0 bridgehead atoms. The average Bonchev–Trinajstić information content (AvgIpc) is 2.34. The van der Waals surface area contributed by atoms with E-state index < -0.39 is 5.82 Å². The van der Waals surface area contributed by atoms with Gasteiger partial charge in [0.15, 0.2) is 6.29 Å². The van der Waals surface area contributed by atoms with Gasteiger partial charge in [0, 0.05) is 10.6 Å². The number of benzene rings is 2. The van der Waals surface area contributed by atoms with Gasteiger partial charge in [0.2, 0.25) is 0 Å². The van der Waals surface area contributed by atoms with Gasteiger partial charge in [-0.25, -0.2) is 4.39 Å². The lowest BCUT2D eigenvalue weighted by atomic mass is 9.95. The number of rotatable bonds is 2. The van der Waals surface area contributed by atoms with Crippen molar-refractivity contribution in [3.05, 3.63) is 57.9 Å². The van der Waals surface area contributed by atoms with Crippen molar-refractivity contribution in [1.82, 2.24) is 0 Å². The molecule has 0 aliphatic heterocycles. The zero-order valence-corrected chi connectivity index (χ0v) is 10.9. The predicted molar refractivity (Wildman–Crippen MR) is 71.7 cm³/mol. The highest BCUT2D eigenvalue weighted by Crippen LogP contribution is 2.30. The minimum Gasteiger partial charge on any atom is -0.298 e. The SMILES string of the molecule is Cc1cc(-c2ccc(F)cc2C=O)c(C)cc1Cl. The Balaban J connectivity index is 2.69. The molecule has 0 aromatic heterocycles. The zero-order valence-electron chi connectivity index (χ0n) is 10.1. The standard InChI is InChI=1S/C15H12ClFO/c1-9-6-15(16)10(2)5-14(9)13-4-3-12(17)7-11(13)8-18/h3-8H,1-2H3. The lowest BCUT2D eigenvalue weighted by Gasteiger charge is -2.11. The average molecular weight is 263 g/mol. The summed E-state index contributed by atoms with van der Waals surface area (Å²) >= 11 is 6.04. The van der Waals surface area contributed by atoms with Crippen LogP contribution in [-0.2, 0) is 0 Å². The Hall–Kier alpha value is -1.67. The molecule has 0 unspecified atom stereocenters. The van der Waals surface area contributed by atoms with Crippen molar-refractivity contribution in [3.8, 4) is 11.1 Å². The van der Waals surface area contributed by atoms with E-state index in [1.807, 2.05) is 26.0 Å². The summed E-state index contributed by atoms with van der Waals surface area (Å²) in [6, 6.07) is 7.98. The molecule has 1 nitrogen and oxygen atoms in total. The Morgan fingerprint density at radius 3 is 2.44 bits per heavy atom. The van der Waals surface area contributed by atoms with E-state index in [1.165, 1.54) is 12.1 Å². The van der Waals surface area contributed by atoms with Crippen LogP contribution in [0, 0.1) is 19.7 Å². The molecule has 0 fully saturated rings. The van der Waals surface area contributed by atoms with E-state index >= 15 is 0 Å². The molecule has 0 amide bonds. The first-order chi connectivity index (χ1) is 8.52. The molecule has 2 rings (SSSR count). The molecule has 0 aliphatic carbocycles. The first-order valence-corrected chi connectivity index (χ1v) is 5.92. The normalized spacial score (nSPS) is 10.4. The molecule has 0 spiro atoms. The van der Waals surface area contributed by atoms with Gasteiger partial charge < -0.3 is 0 Å². The minimum atomic E-state index is -0.413. The van der Waals surface area contributed by atoms with Gasteiger partial charge in [0.25, 0.3) is 0 Å². The summed E-state index contributed by atoms with van der Waals surface area (Å²) in [4.78, 5) is 11.0. The Kier molecular flexibility index (Phi) is 3.48. The first-order valence-electron chi connectivity index (χ1n) is 5.55. The third-order valence-electron chi connectivity index (χ3n) is 2.94. The zero-order chi connectivity index (χ0) is 13.3. The van der Waals surface area contributed by atoms with Crippen LogP contribution in [-0.4, -0.2) is 6.29 Å². The number of carbonyl (C=O) groups excluding carboxylic acids is 1. The highest BCUT2D eigenvalue weighted by Gasteiger charge is 2.10. The van der Waals surface area contributed by atoms with E-state index in [1.54, 1.807) is 6.07 Å². The van der Waals surface area contributed by atoms with Gasteiger partial charge >= 0.3 is 0 Å². The van der Waals surface area contributed by atoms with Crippen molar-refractivity contribution in [2.24, 2.45) is 0 Å². The predicted octanol–water partition coefficient (Wildman–Crippen LogP) is 4.58. The molecular formula is C15H12ClFO. The Labute approximate surface area is 110 Å². The molecule has 0 atom stereocenters. The quantitative estimate of drug-likeness (QED) is 0.724. The maximum atomic E-state index is 13.1. The number of aldehydes is 1. The fourth-order valence-electron chi connectivity index (χ4n) is 1.95. The Morgan fingerprint density at radius 1 is 1.06 bits per heavy atom. The van der Waals surface area contributed by atoms with Gasteiger partial charge in [0.1, 0.15) is 5.82 Å². The molecule has 0 heterocycles. The molecule has 0 saturated heterocycles. The number of hydrogen-bond acceptors (Lipinski definition) is 1. The fraction of sp³-hybridized carbons (Fsp3) is 0.133. The van der Waals surface area contributed by atoms with Gasteiger partial charge in [-0.1, -0.05) is 17.7 Å². The number of hydrogen-bond donors (Lipinski definition) is 0. The minimum absolute atomic E-state index is 0.347. The molecule has 2 aromatic carbocycles. The molecular weight excluding hydrogens is 251 g/mol. The fourth-order valence-corrected chi connectivity index (χ4v) is 2.17. The second kappa shape index (κ2) is 4.91. The van der Waals surface area contributed by atoms with Crippen molar-refractivity contribution in [2.75, 3.05) is 0 Å². The molecule has 2 aromatic rings. The Morgan fingerprint density at radius 2 is 1.78 bits per heavy atom. The van der Waals surface area contributed by atoms with E-state index in [-0.39, 0.29) is 0 Å². The van der Waals surface area contributed by atoms with Crippen LogP contribution >= 0.6 is 11.6 Å². The lowest BCUT2D eigenvalue weighted by Crippen LogP contribution is -1.93. The van der Waals surface area contributed by atoms with Crippen LogP contribution in [0.1, 0.15) is 21.5 Å².